The molecule has 0 aliphatic heterocycles. The number of para-hydroxylation sites is 1. The second-order valence-electron chi connectivity index (χ2n) is 10.0. The van der Waals surface area contributed by atoms with E-state index in [0.717, 1.165) is 58.2 Å². The van der Waals surface area contributed by atoms with Crippen molar-refractivity contribution in [3.8, 4) is 16.8 Å². The van der Waals surface area contributed by atoms with Gasteiger partial charge in [0, 0.05) is 10.9 Å². The molecule has 0 saturated carbocycles. The van der Waals surface area contributed by atoms with Crippen LogP contribution in [-0.2, 0) is 19.0 Å². The van der Waals surface area contributed by atoms with Gasteiger partial charge in [-0.25, -0.2) is 4.98 Å². The summed E-state index contributed by atoms with van der Waals surface area (Å²) in [5, 5.41) is 2.29. The zero-order chi connectivity index (χ0) is 26.5. The fourth-order valence-electron chi connectivity index (χ4n) is 6.23. The molecule has 0 radical (unpaired) electrons. The number of hydrogen-bond acceptors (Lipinski definition) is 1. The number of fused-ring (bicyclic) bond motifs is 4. The van der Waals surface area contributed by atoms with E-state index in [4.69, 9.17) is 16.6 Å². The number of hydrogen-bond donors (Lipinski definition) is 0. The normalized spacial score (nSPS) is 13.4. The SMILES string of the molecule is FC(F)(F)c1cc(Cl)c2c(c1)nc1n(-c3ccccc3-c3ccccc3)c3ccc4c5c(ccc(c53)n21)CC4. The lowest BCUT2D eigenvalue weighted by molar-refractivity contribution is -0.137. The van der Waals surface area contributed by atoms with Crippen molar-refractivity contribution in [2.45, 2.75) is 19.0 Å². The zero-order valence-corrected chi connectivity index (χ0v) is 21.2. The maximum absolute atomic E-state index is 13.8. The van der Waals surface area contributed by atoms with Crippen LogP contribution in [0.15, 0.2) is 91.0 Å². The first-order chi connectivity index (χ1) is 18.9. The molecule has 0 spiro atoms. The van der Waals surface area contributed by atoms with Gasteiger partial charge in [0.15, 0.2) is 0 Å². The molecule has 0 bridgehead atoms. The Hall–Kier alpha value is -4.29. The number of benzene rings is 5. The summed E-state index contributed by atoms with van der Waals surface area (Å²) < 4.78 is 45.3. The fourth-order valence-corrected chi connectivity index (χ4v) is 6.53. The van der Waals surface area contributed by atoms with Gasteiger partial charge in [-0.1, -0.05) is 72.3 Å². The monoisotopic (exact) mass is 537 g/mol. The molecule has 8 rings (SSSR count). The van der Waals surface area contributed by atoms with Crippen LogP contribution in [0.4, 0.5) is 13.2 Å². The van der Waals surface area contributed by atoms with Crippen LogP contribution in [0.25, 0.3) is 55.4 Å². The van der Waals surface area contributed by atoms with Gasteiger partial charge in [-0.3, -0.25) is 8.97 Å². The number of aryl methyl sites for hydroxylation is 2. The van der Waals surface area contributed by atoms with Crippen LogP contribution in [0.5, 0.6) is 0 Å². The largest absolute Gasteiger partial charge is 0.416 e. The molecule has 5 aromatic carbocycles. The van der Waals surface area contributed by atoms with Crippen molar-refractivity contribution in [1.29, 1.82) is 0 Å². The highest BCUT2D eigenvalue weighted by molar-refractivity contribution is 6.35. The van der Waals surface area contributed by atoms with Gasteiger partial charge in [0.25, 0.3) is 0 Å². The van der Waals surface area contributed by atoms with E-state index in [-0.39, 0.29) is 10.5 Å². The highest BCUT2D eigenvalue weighted by Crippen LogP contribution is 2.42. The molecule has 0 N–H and O–H groups in total. The third-order valence-electron chi connectivity index (χ3n) is 7.88. The topological polar surface area (TPSA) is 22.2 Å². The van der Waals surface area contributed by atoms with Gasteiger partial charge in [-0.15, -0.1) is 0 Å². The van der Waals surface area contributed by atoms with Crippen LogP contribution >= 0.6 is 11.6 Å². The number of aromatic nitrogens is 3. The maximum Gasteiger partial charge on any atom is 0.416 e. The molecule has 2 aromatic heterocycles. The van der Waals surface area contributed by atoms with Crippen molar-refractivity contribution in [2.24, 2.45) is 0 Å². The highest BCUT2D eigenvalue weighted by atomic mass is 35.5. The number of alkyl halides is 3. The van der Waals surface area contributed by atoms with Gasteiger partial charge in [0.1, 0.15) is 0 Å². The summed E-state index contributed by atoms with van der Waals surface area (Å²) in [5.41, 5.74) is 7.14. The third-order valence-corrected chi connectivity index (χ3v) is 8.17. The molecule has 1 aliphatic carbocycles. The summed E-state index contributed by atoms with van der Waals surface area (Å²) in [6.45, 7) is 0. The molecule has 2 heterocycles. The molecular weight excluding hydrogens is 519 g/mol. The van der Waals surface area contributed by atoms with Crippen molar-refractivity contribution in [3.05, 3.63) is 113 Å². The van der Waals surface area contributed by atoms with E-state index in [9.17, 15) is 13.2 Å². The molecule has 0 fully saturated rings. The van der Waals surface area contributed by atoms with Crippen molar-refractivity contribution >= 4 is 50.2 Å². The van der Waals surface area contributed by atoms with Crippen LogP contribution in [0, 0.1) is 0 Å². The summed E-state index contributed by atoms with van der Waals surface area (Å²) in [7, 11) is 0. The van der Waals surface area contributed by atoms with Gasteiger partial charge in [0.05, 0.1) is 38.3 Å². The predicted molar refractivity (Wildman–Crippen MR) is 150 cm³/mol. The first kappa shape index (κ1) is 22.7. The van der Waals surface area contributed by atoms with E-state index in [1.165, 1.54) is 16.5 Å². The Kier molecular flexibility index (Phi) is 4.57. The van der Waals surface area contributed by atoms with Gasteiger partial charge < -0.3 is 0 Å². The summed E-state index contributed by atoms with van der Waals surface area (Å²) >= 11 is 6.62. The first-order valence-corrected chi connectivity index (χ1v) is 13.1. The fraction of sp³-hybridized carbons (Fsp3) is 0.0938. The van der Waals surface area contributed by atoms with Crippen molar-refractivity contribution in [2.75, 3.05) is 0 Å². The lowest BCUT2D eigenvalue weighted by Gasteiger charge is -2.20. The predicted octanol–water partition coefficient (Wildman–Crippen LogP) is 9.02. The Balaban J connectivity index is 1.62. The van der Waals surface area contributed by atoms with Crippen LogP contribution in [-0.4, -0.2) is 14.0 Å². The Labute approximate surface area is 225 Å². The Morgan fingerprint density at radius 2 is 1.44 bits per heavy atom. The molecule has 0 amide bonds. The summed E-state index contributed by atoms with van der Waals surface area (Å²) in [5.74, 6) is 0.503. The molecule has 7 aromatic rings. The molecule has 7 heteroatoms. The summed E-state index contributed by atoms with van der Waals surface area (Å²) in [6.07, 6.45) is -2.61. The second-order valence-corrected chi connectivity index (χ2v) is 10.4. The molecule has 0 saturated heterocycles. The third kappa shape index (κ3) is 3.15. The van der Waals surface area contributed by atoms with Crippen molar-refractivity contribution < 1.29 is 13.2 Å². The Morgan fingerprint density at radius 3 is 2.18 bits per heavy atom. The molecule has 39 heavy (non-hydrogen) atoms. The first-order valence-electron chi connectivity index (χ1n) is 12.7. The molecule has 0 unspecified atom stereocenters. The molecular formula is C32H19ClF3N3. The Bertz CT molecular complexity index is 2110. The number of imidazole rings is 1. The average molecular weight is 538 g/mol. The maximum atomic E-state index is 13.8. The second kappa shape index (κ2) is 7.87. The van der Waals surface area contributed by atoms with E-state index in [1.54, 1.807) is 0 Å². The number of halogens is 4. The van der Waals surface area contributed by atoms with E-state index in [0.29, 0.717) is 11.3 Å². The van der Waals surface area contributed by atoms with Gasteiger partial charge in [0.2, 0.25) is 5.78 Å². The number of rotatable bonds is 2. The lowest BCUT2D eigenvalue weighted by Crippen LogP contribution is -2.07. The molecule has 0 atom stereocenters. The van der Waals surface area contributed by atoms with Crippen LogP contribution < -0.4 is 0 Å². The van der Waals surface area contributed by atoms with E-state index >= 15 is 0 Å². The molecule has 1 aliphatic rings. The molecule has 3 nitrogen and oxygen atoms in total. The van der Waals surface area contributed by atoms with Gasteiger partial charge in [-0.05, 0) is 65.3 Å². The summed E-state index contributed by atoms with van der Waals surface area (Å²) in [6, 6.07) is 28.7. The van der Waals surface area contributed by atoms with Crippen molar-refractivity contribution in [3.63, 3.8) is 0 Å². The smallest absolute Gasteiger partial charge is 0.279 e. The van der Waals surface area contributed by atoms with Crippen molar-refractivity contribution in [1.82, 2.24) is 14.0 Å². The van der Waals surface area contributed by atoms with Crippen LogP contribution in [0.2, 0.25) is 5.02 Å². The van der Waals surface area contributed by atoms with Crippen LogP contribution in [0.3, 0.4) is 0 Å². The standard InChI is InChI=1S/C32H19ClF3N3/c33-23-16-21(32(34,35)36)17-24-30(23)39-27-15-13-20-11-10-19-12-14-26(29(27)28(19)20)38(31(39)37-24)25-9-5-4-8-22(25)18-6-2-1-3-7-18/h1-9,12-17H,10-11H2. The van der Waals surface area contributed by atoms with E-state index < -0.39 is 11.7 Å². The number of nitrogens with zero attached hydrogens (tertiary/aromatic N) is 3. The van der Waals surface area contributed by atoms with E-state index in [2.05, 4.69) is 47.0 Å². The minimum atomic E-state index is -4.53. The van der Waals surface area contributed by atoms with Crippen LogP contribution in [0.1, 0.15) is 16.7 Å². The van der Waals surface area contributed by atoms with E-state index in [1.807, 2.05) is 40.8 Å². The molecule has 190 valence electrons. The minimum Gasteiger partial charge on any atom is -0.279 e. The lowest BCUT2D eigenvalue weighted by atomic mass is 10.0. The average Bonchev–Trinajstić information content (AvgIpc) is 3.54. The summed E-state index contributed by atoms with van der Waals surface area (Å²) in [4.78, 5) is 4.83. The minimum absolute atomic E-state index is 0.0153. The van der Waals surface area contributed by atoms with Gasteiger partial charge >= 0.3 is 6.18 Å². The zero-order valence-electron chi connectivity index (χ0n) is 20.4. The highest BCUT2D eigenvalue weighted by Gasteiger charge is 2.33. The quantitative estimate of drug-likeness (QED) is 0.216. The van der Waals surface area contributed by atoms with Gasteiger partial charge in [-0.2, -0.15) is 13.2 Å². The Morgan fingerprint density at radius 1 is 0.744 bits per heavy atom.